The summed E-state index contributed by atoms with van der Waals surface area (Å²) in [5.74, 6) is 0.419. The van der Waals surface area contributed by atoms with Crippen molar-refractivity contribution in [2.24, 2.45) is 0 Å². The largest absolute Gasteiger partial charge is 0.399 e. The highest BCUT2D eigenvalue weighted by Gasteiger charge is 2.05. The fourth-order valence-corrected chi connectivity index (χ4v) is 2.40. The highest BCUT2D eigenvalue weighted by Crippen LogP contribution is 2.18. The number of hydrogen-bond acceptors (Lipinski definition) is 4. The van der Waals surface area contributed by atoms with E-state index in [2.05, 4.69) is 21.4 Å². The Morgan fingerprint density at radius 3 is 2.52 bits per heavy atom. The number of nitrogen functional groups attached to an aromatic ring is 1. The molecule has 0 aliphatic carbocycles. The number of nitrogens with two attached hydrogens (primary N) is 1. The standard InChI is InChI=1S/C16H16N4O/c1-9-5-10(2)7-12(6-9)18-16-19-14-4-3-11(17)8-13(14)15(21)20-16/h3-8H,17H2,1-2H3,(H2,18,19,20,21). The van der Waals surface area contributed by atoms with E-state index in [1.165, 1.54) is 0 Å². The summed E-state index contributed by atoms with van der Waals surface area (Å²) >= 11 is 0. The molecule has 21 heavy (non-hydrogen) atoms. The summed E-state index contributed by atoms with van der Waals surface area (Å²) in [7, 11) is 0. The van der Waals surface area contributed by atoms with Crippen molar-refractivity contribution in [2.75, 3.05) is 11.1 Å². The van der Waals surface area contributed by atoms with Gasteiger partial charge in [-0.1, -0.05) is 6.07 Å². The highest BCUT2D eigenvalue weighted by molar-refractivity contribution is 5.82. The molecule has 0 atom stereocenters. The molecule has 4 N–H and O–H groups in total. The number of benzene rings is 2. The van der Waals surface area contributed by atoms with E-state index in [0.717, 1.165) is 16.8 Å². The van der Waals surface area contributed by atoms with Crippen LogP contribution in [0.3, 0.4) is 0 Å². The zero-order valence-corrected chi connectivity index (χ0v) is 11.9. The SMILES string of the molecule is Cc1cc(C)cc(Nc2nc3ccc(N)cc3c(=O)[nH]2)c1. The molecule has 0 spiro atoms. The van der Waals surface area contributed by atoms with Gasteiger partial charge >= 0.3 is 0 Å². The van der Waals surface area contributed by atoms with Crippen LogP contribution >= 0.6 is 0 Å². The van der Waals surface area contributed by atoms with Gasteiger partial charge in [0.2, 0.25) is 5.95 Å². The van der Waals surface area contributed by atoms with Crippen molar-refractivity contribution in [3.05, 3.63) is 57.9 Å². The maximum absolute atomic E-state index is 12.1. The molecule has 1 heterocycles. The first kappa shape index (κ1) is 13.2. The van der Waals surface area contributed by atoms with Crippen LogP contribution in [0.5, 0.6) is 0 Å². The van der Waals surface area contributed by atoms with Gasteiger partial charge < -0.3 is 11.1 Å². The topological polar surface area (TPSA) is 83.8 Å². The molecule has 1 aromatic heterocycles. The predicted molar refractivity (Wildman–Crippen MR) is 86.0 cm³/mol. The lowest BCUT2D eigenvalue weighted by Gasteiger charge is -2.08. The van der Waals surface area contributed by atoms with Crippen molar-refractivity contribution in [3.63, 3.8) is 0 Å². The van der Waals surface area contributed by atoms with E-state index in [-0.39, 0.29) is 5.56 Å². The summed E-state index contributed by atoms with van der Waals surface area (Å²) in [6, 6.07) is 11.2. The molecule has 5 nitrogen and oxygen atoms in total. The number of anilines is 3. The van der Waals surface area contributed by atoms with Crippen LogP contribution in [-0.2, 0) is 0 Å². The fourth-order valence-electron chi connectivity index (χ4n) is 2.40. The van der Waals surface area contributed by atoms with E-state index in [0.29, 0.717) is 22.5 Å². The predicted octanol–water partition coefficient (Wildman–Crippen LogP) is 2.87. The molecule has 0 bridgehead atoms. The monoisotopic (exact) mass is 280 g/mol. The molecular formula is C16H16N4O. The van der Waals surface area contributed by atoms with Crippen LogP contribution in [0.4, 0.5) is 17.3 Å². The van der Waals surface area contributed by atoms with Crippen LogP contribution in [0.1, 0.15) is 11.1 Å². The van der Waals surface area contributed by atoms with Gasteiger partial charge in [0.25, 0.3) is 5.56 Å². The summed E-state index contributed by atoms with van der Waals surface area (Å²) in [5, 5.41) is 3.62. The van der Waals surface area contributed by atoms with E-state index in [4.69, 9.17) is 5.73 Å². The van der Waals surface area contributed by atoms with Crippen molar-refractivity contribution in [1.82, 2.24) is 9.97 Å². The average molecular weight is 280 g/mol. The van der Waals surface area contributed by atoms with Crippen LogP contribution in [0.15, 0.2) is 41.2 Å². The first-order valence-corrected chi connectivity index (χ1v) is 6.66. The number of aromatic nitrogens is 2. The number of aryl methyl sites for hydroxylation is 2. The van der Waals surface area contributed by atoms with Gasteiger partial charge in [-0.15, -0.1) is 0 Å². The molecule has 0 fully saturated rings. The third-order valence-corrected chi connectivity index (χ3v) is 3.21. The molecule has 0 radical (unpaired) electrons. The van der Waals surface area contributed by atoms with Crippen LogP contribution < -0.4 is 16.6 Å². The van der Waals surface area contributed by atoms with E-state index >= 15 is 0 Å². The third-order valence-electron chi connectivity index (χ3n) is 3.21. The Kier molecular flexibility index (Phi) is 3.10. The van der Waals surface area contributed by atoms with Crippen LogP contribution in [0.25, 0.3) is 10.9 Å². The van der Waals surface area contributed by atoms with E-state index in [1.807, 2.05) is 26.0 Å². The highest BCUT2D eigenvalue weighted by atomic mass is 16.1. The van der Waals surface area contributed by atoms with Gasteiger partial charge in [-0.2, -0.15) is 0 Å². The lowest BCUT2D eigenvalue weighted by molar-refractivity contribution is 1.17. The van der Waals surface area contributed by atoms with Crippen LogP contribution in [0.2, 0.25) is 0 Å². The zero-order valence-electron chi connectivity index (χ0n) is 11.9. The van der Waals surface area contributed by atoms with E-state index in [9.17, 15) is 4.79 Å². The van der Waals surface area contributed by atoms with E-state index in [1.54, 1.807) is 18.2 Å². The quantitative estimate of drug-likeness (QED) is 0.630. The first-order valence-electron chi connectivity index (χ1n) is 6.66. The minimum Gasteiger partial charge on any atom is -0.399 e. The molecule has 0 amide bonds. The number of nitrogens with one attached hydrogen (secondary N) is 2. The average Bonchev–Trinajstić information content (AvgIpc) is 2.38. The Morgan fingerprint density at radius 2 is 1.81 bits per heavy atom. The molecule has 2 aromatic carbocycles. The molecule has 0 saturated heterocycles. The Morgan fingerprint density at radius 1 is 1.10 bits per heavy atom. The number of rotatable bonds is 2. The van der Waals surface area contributed by atoms with Crippen LogP contribution in [-0.4, -0.2) is 9.97 Å². The second-order valence-corrected chi connectivity index (χ2v) is 5.19. The van der Waals surface area contributed by atoms with Gasteiger partial charge in [-0.25, -0.2) is 4.98 Å². The number of H-pyrrole nitrogens is 1. The number of fused-ring (bicyclic) bond motifs is 1. The Bertz CT molecular complexity index is 863. The molecule has 3 aromatic rings. The second-order valence-electron chi connectivity index (χ2n) is 5.19. The Hall–Kier alpha value is -2.82. The number of aromatic amines is 1. The Labute approximate surface area is 121 Å². The molecule has 106 valence electrons. The molecule has 0 saturated carbocycles. The van der Waals surface area contributed by atoms with Crippen molar-refractivity contribution < 1.29 is 0 Å². The minimum absolute atomic E-state index is 0.209. The smallest absolute Gasteiger partial charge is 0.260 e. The normalized spacial score (nSPS) is 10.8. The molecule has 5 heteroatoms. The van der Waals surface area contributed by atoms with Gasteiger partial charge in [0.05, 0.1) is 10.9 Å². The fraction of sp³-hybridized carbons (Fsp3) is 0.125. The van der Waals surface area contributed by atoms with Crippen LogP contribution in [0, 0.1) is 13.8 Å². The lowest BCUT2D eigenvalue weighted by atomic mass is 10.1. The maximum atomic E-state index is 12.1. The zero-order chi connectivity index (χ0) is 15.0. The lowest BCUT2D eigenvalue weighted by Crippen LogP contribution is -2.11. The van der Waals surface area contributed by atoms with Crippen molar-refractivity contribution in [1.29, 1.82) is 0 Å². The summed E-state index contributed by atoms with van der Waals surface area (Å²) in [4.78, 5) is 19.2. The molecule has 0 aliphatic heterocycles. The Balaban J connectivity index is 2.05. The van der Waals surface area contributed by atoms with Gasteiger partial charge in [-0.3, -0.25) is 9.78 Å². The van der Waals surface area contributed by atoms with Crippen molar-refractivity contribution in [2.45, 2.75) is 13.8 Å². The molecular weight excluding hydrogens is 264 g/mol. The summed E-state index contributed by atoms with van der Waals surface area (Å²) in [6.07, 6.45) is 0. The molecule has 0 aliphatic rings. The van der Waals surface area contributed by atoms with E-state index < -0.39 is 0 Å². The summed E-state index contributed by atoms with van der Waals surface area (Å²) in [5.41, 5.74) is 9.83. The third kappa shape index (κ3) is 2.72. The number of hydrogen-bond donors (Lipinski definition) is 3. The second kappa shape index (κ2) is 4.94. The minimum atomic E-state index is -0.209. The van der Waals surface area contributed by atoms with Crippen molar-refractivity contribution in [3.8, 4) is 0 Å². The first-order chi connectivity index (χ1) is 10.0. The summed E-state index contributed by atoms with van der Waals surface area (Å²) < 4.78 is 0. The molecule has 3 rings (SSSR count). The van der Waals surface area contributed by atoms with Gasteiger partial charge in [0.15, 0.2) is 0 Å². The van der Waals surface area contributed by atoms with Gasteiger partial charge in [0, 0.05) is 11.4 Å². The number of nitrogens with zero attached hydrogens (tertiary/aromatic N) is 1. The summed E-state index contributed by atoms with van der Waals surface area (Å²) in [6.45, 7) is 4.05. The van der Waals surface area contributed by atoms with Crippen molar-refractivity contribution >= 4 is 28.2 Å². The van der Waals surface area contributed by atoms with Gasteiger partial charge in [0.1, 0.15) is 0 Å². The maximum Gasteiger partial charge on any atom is 0.260 e. The van der Waals surface area contributed by atoms with Gasteiger partial charge in [-0.05, 0) is 55.3 Å². The molecule has 0 unspecified atom stereocenters.